The summed E-state index contributed by atoms with van der Waals surface area (Å²) in [6, 6.07) is 8.10. The lowest BCUT2D eigenvalue weighted by Gasteiger charge is -2.15. The molecule has 134 valence electrons. The maximum absolute atomic E-state index is 13.2. The molecule has 2 heterocycles. The summed E-state index contributed by atoms with van der Waals surface area (Å²) in [5.74, 6) is 0.312. The number of carbonyl (C=O) groups is 1. The minimum Gasteiger partial charge on any atom is -0.336 e. The average Bonchev–Trinajstić information content (AvgIpc) is 3.45. The molecule has 0 saturated heterocycles. The van der Waals surface area contributed by atoms with Gasteiger partial charge in [0, 0.05) is 17.3 Å². The predicted octanol–water partition coefficient (Wildman–Crippen LogP) is 4.79. The van der Waals surface area contributed by atoms with Gasteiger partial charge in [-0.1, -0.05) is 37.2 Å². The molecule has 1 amide bonds. The van der Waals surface area contributed by atoms with Crippen LogP contribution in [0.3, 0.4) is 0 Å². The van der Waals surface area contributed by atoms with Gasteiger partial charge in [0.1, 0.15) is 0 Å². The van der Waals surface area contributed by atoms with E-state index >= 15 is 0 Å². The van der Waals surface area contributed by atoms with Crippen molar-refractivity contribution in [3.05, 3.63) is 52.3 Å². The van der Waals surface area contributed by atoms with Crippen LogP contribution in [0.2, 0.25) is 0 Å². The van der Waals surface area contributed by atoms with Gasteiger partial charge in [-0.2, -0.15) is 0 Å². The quantitative estimate of drug-likeness (QED) is 0.719. The highest BCUT2D eigenvalue weighted by Gasteiger charge is 2.28. The number of fused-ring (bicyclic) bond motifs is 1. The van der Waals surface area contributed by atoms with E-state index in [-0.39, 0.29) is 5.91 Å². The monoisotopic (exact) mass is 349 g/mol. The Labute approximate surface area is 152 Å². The normalized spacial score (nSPS) is 14.0. The van der Waals surface area contributed by atoms with Gasteiger partial charge in [-0.3, -0.25) is 4.79 Å². The topological polar surface area (TPSA) is 68.0 Å². The highest BCUT2D eigenvalue weighted by Crippen LogP contribution is 2.40. The third kappa shape index (κ3) is 2.87. The van der Waals surface area contributed by atoms with Crippen LogP contribution in [0.1, 0.15) is 65.5 Å². The molecule has 1 fully saturated rings. The van der Waals surface area contributed by atoms with Gasteiger partial charge >= 0.3 is 0 Å². The number of amides is 1. The number of hydrogen-bond acceptors (Lipinski definition) is 4. The fourth-order valence-electron chi connectivity index (χ4n) is 3.47. The van der Waals surface area contributed by atoms with E-state index in [0.717, 1.165) is 48.2 Å². The summed E-state index contributed by atoms with van der Waals surface area (Å²) in [7, 11) is 0. The van der Waals surface area contributed by atoms with E-state index in [0.29, 0.717) is 28.3 Å². The molecule has 4 rings (SSSR count). The molecule has 1 N–H and O–H groups in total. The van der Waals surface area contributed by atoms with Gasteiger partial charge in [0.2, 0.25) is 0 Å². The number of rotatable bonds is 5. The zero-order valence-corrected chi connectivity index (χ0v) is 15.4. The smallest absolute Gasteiger partial charge is 0.259 e. The first kappa shape index (κ1) is 16.8. The molecule has 1 saturated carbocycles. The van der Waals surface area contributed by atoms with Crippen LogP contribution in [0, 0.1) is 6.92 Å². The van der Waals surface area contributed by atoms with Crippen molar-refractivity contribution in [3.8, 4) is 0 Å². The summed E-state index contributed by atoms with van der Waals surface area (Å²) in [6.07, 6.45) is 3.97. The van der Waals surface area contributed by atoms with E-state index in [1.165, 1.54) is 0 Å². The first-order valence-corrected chi connectivity index (χ1v) is 9.31. The standard InChI is InChI=1S/C21H23N3O2/c1-4-13-7-6-8-14(5-2)19(13)23-20(25)16-11-17(15-9-10-15)22-21-18(16)12(3)24-26-21/h6-8,11,15H,4-5,9-10H2,1-3H3,(H,23,25). The van der Waals surface area contributed by atoms with Gasteiger partial charge < -0.3 is 9.84 Å². The molecule has 1 aliphatic carbocycles. The molecule has 0 radical (unpaired) electrons. The Morgan fingerprint density at radius 3 is 2.54 bits per heavy atom. The first-order chi connectivity index (χ1) is 12.6. The minimum absolute atomic E-state index is 0.124. The summed E-state index contributed by atoms with van der Waals surface area (Å²) in [5, 5.41) is 7.88. The van der Waals surface area contributed by atoms with Gasteiger partial charge in [0.15, 0.2) is 0 Å². The predicted molar refractivity (Wildman–Crippen MR) is 102 cm³/mol. The number of carbonyl (C=O) groups excluding carboxylic acids is 1. The minimum atomic E-state index is -0.124. The Kier molecular flexibility index (Phi) is 4.23. The highest BCUT2D eigenvalue weighted by molar-refractivity contribution is 6.12. The van der Waals surface area contributed by atoms with E-state index in [1.54, 1.807) is 0 Å². The summed E-state index contributed by atoms with van der Waals surface area (Å²) < 4.78 is 5.36. The molecule has 0 unspecified atom stereocenters. The third-order valence-electron chi connectivity index (χ3n) is 5.11. The number of aryl methyl sites for hydroxylation is 3. The fraction of sp³-hybridized carbons (Fsp3) is 0.381. The summed E-state index contributed by atoms with van der Waals surface area (Å²) in [5.41, 5.74) is 5.90. The molecule has 1 aliphatic rings. The Balaban J connectivity index is 1.79. The number of aromatic nitrogens is 2. The van der Waals surface area contributed by atoms with Gasteiger partial charge in [0.05, 0.1) is 16.6 Å². The van der Waals surface area contributed by atoms with Crippen molar-refractivity contribution >= 4 is 22.7 Å². The molecule has 26 heavy (non-hydrogen) atoms. The van der Waals surface area contributed by atoms with Crippen LogP contribution in [-0.4, -0.2) is 16.0 Å². The summed E-state index contributed by atoms with van der Waals surface area (Å²) in [4.78, 5) is 17.8. The maximum atomic E-state index is 13.2. The maximum Gasteiger partial charge on any atom is 0.259 e. The number of pyridine rings is 1. The van der Waals surface area contributed by atoms with Crippen molar-refractivity contribution in [3.63, 3.8) is 0 Å². The number of benzene rings is 1. The van der Waals surface area contributed by atoms with Crippen molar-refractivity contribution in [1.82, 2.24) is 10.1 Å². The Bertz CT molecular complexity index is 964. The van der Waals surface area contributed by atoms with Crippen LogP contribution in [0.25, 0.3) is 11.1 Å². The van der Waals surface area contributed by atoms with Crippen LogP contribution in [-0.2, 0) is 12.8 Å². The number of anilines is 1. The molecule has 2 aromatic heterocycles. The third-order valence-corrected chi connectivity index (χ3v) is 5.11. The van der Waals surface area contributed by atoms with Gasteiger partial charge in [-0.25, -0.2) is 4.98 Å². The van der Waals surface area contributed by atoms with Crippen LogP contribution in [0.5, 0.6) is 0 Å². The number of nitrogens with one attached hydrogen (secondary N) is 1. The molecule has 5 nitrogen and oxygen atoms in total. The van der Waals surface area contributed by atoms with Gasteiger partial charge in [-0.15, -0.1) is 0 Å². The molecule has 0 atom stereocenters. The average molecular weight is 349 g/mol. The molecule has 0 bridgehead atoms. The van der Waals surface area contributed by atoms with Crippen molar-refractivity contribution in [1.29, 1.82) is 0 Å². The zero-order valence-electron chi connectivity index (χ0n) is 15.4. The molecular weight excluding hydrogens is 326 g/mol. The van der Waals surface area contributed by atoms with E-state index in [9.17, 15) is 4.79 Å². The zero-order chi connectivity index (χ0) is 18.3. The lowest BCUT2D eigenvalue weighted by molar-refractivity contribution is 0.102. The van der Waals surface area contributed by atoms with Crippen LogP contribution in [0.4, 0.5) is 5.69 Å². The lowest BCUT2D eigenvalue weighted by Crippen LogP contribution is -2.16. The number of hydrogen-bond donors (Lipinski definition) is 1. The Morgan fingerprint density at radius 2 is 1.92 bits per heavy atom. The fourth-order valence-corrected chi connectivity index (χ4v) is 3.47. The van der Waals surface area contributed by atoms with Crippen LogP contribution >= 0.6 is 0 Å². The second kappa shape index (κ2) is 6.56. The molecule has 0 spiro atoms. The van der Waals surface area contributed by atoms with E-state index in [2.05, 4.69) is 41.4 Å². The second-order valence-electron chi connectivity index (χ2n) is 6.93. The summed E-state index contributed by atoms with van der Waals surface area (Å²) >= 11 is 0. The molecule has 0 aliphatic heterocycles. The molecule has 1 aromatic carbocycles. The Morgan fingerprint density at radius 1 is 1.23 bits per heavy atom. The second-order valence-corrected chi connectivity index (χ2v) is 6.93. The SMILES string of the molecule is CCc1cccc(CC)c1NC(=O)c1cc(C2CC2)nc2onc(C)c12. The van der Waals surface area contributed by atoms with Crippen molar-refractivity contribution in [2.75, 3.05) is 5.32 Å². The Hall–Kier alpha value is -2.69. The molecular formula is C21H23N3O2. The van der Waals surface area contributed by atoms with Crippen LogP contribution in [0.15, 0.2) is 28.8 Å². The van der Waals surface area contributed by atoms with E-state index in [1.807, 2.05) is 19.1 Å². The van der Waals surface area contributed by atoms with Crippen molar-refractivity contribution < 1.29 is 9.32 Å². The highest BCUT2D eigenvalue weighted by atomic mass is 16.5. The van der Waals surface area contributed by atoms with Gasteiger partial charge in [-0.05, 0) is 49.8 Å². The van der Waals surface area contributed by atoms with Crippen molar-refractivity contribution in [2.45, 2.75) is 52.4 Å². The lowest BCUT2D eigenvalue weighted by atomic mass is 10.0. The number of para-hydroxylation sites is 1. The summed E-state index contributed by atoms with van der Waals surface area (Å²) in [6.45, 7) is 6.05. The first-order valence-electron chi connectivity index (χ1n) is 9.31. The van der Waals surface area contributed by atoms with E-state index in [4.69, 9.17) is 4.52 Å². The van der Waals surface area contributed by atoms with E-state index < -0.39 is 0 Å². The largest absolute Gasteiger partial charge is 0.336 e. The molecule has 3 aromatic rings. The van der Waals surface area contributed by atoms with Gasteiger partial charge in [0.25, 0.3) is 11.6 Å². The van der Waals surface area contributed by atoms with Crippen molar-refractivity contribution in [2.24, 2.45) is 0 Å². The van der Waals surface area contributed by atoms with Crippen LogP contribution < -0.4 is 5.32 Å². The molecule has 5 heteroatoms. The number of nitrogens with zero attached hydrogens (tertiary/aromatic N) is 2.